The SMILES string of the molecule is N#CC(c1ccc2c(c1)OCO2)N1CCC(C(N)=O)CC1. The summed E-state index contributed by atoms with van der Waals surface area (Å²) in [6, 6.07) is 7.58. The van der Waals surface area contributed by atoms with Crippen LogP contribution in [0.1, 0.15) is 24.4 Å². The van der Waals surface area contributed by atoms with E-state index in [-0.39, 0.29) is 24.7 Å². The summed E-state index contributed by atoms with van der Waals surface area (Å²) in [4.78, 5) is 13.3. The summed E-state index contributed by atoms with van der Waals surface area (Å²) in [5.41, 5.74) is 6.23. The van der Waals surface area contributed by atoms with Gasteiger partial charge in [0.2, 0.25) is 12.7 Å². The zero-order chi connectivity index (χ0) is 14.8. The van der Waals surface area contributed by atoms with Crippen molar-refractivity contribution in [3.8, 4) is 17.6 Å². The molecule has 6 nitrogen and oxygen atoms in total. The number of amides is 1. The maximum atomic E-state index is 11.2. The van der Waals surface area contributed by atoms with Gasteiger partial charge in [-0.3, -0.25) is 9.69 Å². The Morgan fingerprint density at radius 3 is 2.71 bits per heavy atom. The molecule has 0 aliphatic carbocycles. The van der Waals surface area contributed by atoms with Crippen molar-refractivity contribution in [2.24, 2.45) is 11.7 Å². The largest absolute Gasteiger partial charge is 0.454 e. The molecule has 1 aromatic carbocycles. The number of rotatable bonds is 3. The summed E-state index contributed by atoms with van der Waals surface area (Å²) < 4.78 is 10.6. The number of hydrogen-bond acceptors (Lipinski definition) is 5. The van der Waals surface area contributed by atoms with Crippen LogP contribution in [0.4, 0.5) is 0 Å². The lowest BCUT2D eigenvalue weighted by Crippen LogP contribution is -2.40. The highest BCUT2D eigenvalue weighted by Gasteiger charge is 2.29. The monoisotopic (exact) mass is 287 g/mol. The Morgan fingerprint density at radius 1 is 1.33 bits per heavy atom. The Balaban J connectivity index is 1.74. The number of likely N-dealkylation sites (tertiary alicyclic amines) is 1. The van der Waals surface area contributed by atoms with Crippen molar-refractivity contribution in [3.63, 3.8) is 0 Å². The molecule has 3 rings (SSSR count). The summed E-state index contributed by atoms with van der Waals surface area (Å²) in [6.07, 6.45) is 1.41. The number of primary amides is 1. The van der Waals surface area contributed by atoms with Gasteiger partial charge in [-0.25, -0.2) is 0 Å². The van der Waals surface area contributed by atoms with Crippen molar-refractivity contribution >= 4 is 5.91 Å². The number of hydrogen-bond donors (Lipinski definition) is 1. The van der Waals surface area contributed by atoms with Gasteiger partial charge in [-0.1, -0.05) is 6.07 Å². The summed E-state index contributed by atoms with van der Waals surface area (Å²) in [6.45, 7) is 1.61. The van der Waals surface area contributed by atoms with Crippen LogP contribution < -0.4 is 15.2 Å². The van der Waals surface area contributed by atoms with Crippen molar-refractivity contribution in [1.29, 1.82) is 5.26 Å². The second-order valence-electron chi connectivity index (χ2n) is 5.36. The number of fused-ring (bicyclic) bond motifs is 1. The third-order valence-electron chi connectivity index (χ3n) is 4.13. The molecule has 1 aromatic rings. The van der Waals surface area contributed by atoms with E-state index in [9.17, 15) is 10.1 Å². The standard InChI is InChI=1S/C15H17N3O3/c16-8-12(18-5-3-10(4-6-18)15(17)19)11-1-2-13-14(7-11)21-9-20-13/h1-2,7,10,12H,3-6,9H2,(H2,17,19). The van der Waals surface area contributed by atoms with Crippen LogP contribution in [-0.2, 0) is 4.79 Å². The highest BCUT2D eigenvalue weighted by atomic mass is 16.7. The highest BCUT2D eigenvalue weighted by molar-refractivity contribution is 5.76. The van der Waals surface area contributed by atoms with E-state index in [2.05, 4.69) is 11.0 Å². The number of benzene rings is 1. The Kier molecular flexibility index (Phi) is 3.67. The Bertz CT molecular complexity index is 588. The normalized spacial score (nSPS) is 20.0. The second kappa shape index (κ2) is 5.62. The number of carbonyl (C=O) groups is 1. The topological polar surface area (TPSA) is 88.6 Å². The van der Waals surface area contributed by atoms with Crippen molar-refractivity contribution < 1.29 is 14.3 Å². The number of ether oxygens (including phenoxy) is 2. The van der Waals surface area contributed by atoms with Gasteiger partial charge in [0.15, 0.2) is 11.5 Å². The highest BCUT2D eigenvalue weighted by Crippen LogP contribution is 2.36. The first-order valence-corrected chi connectivity index (χ1v) is 7.01. The van der Waals surface area contributed by atoms with Crippen LogP contribution >= 0.6 is 0 Å². The van der Waals surface area contributed by atoms with Gasteiger partial charge in [-0.2, -0.15) is 5.26 Å². The minimum atomic E-state index is -0.340. The van der Waals surface area contributed by atoms with E-state index in [0.29, 0.717) is 37.4 Å². The maximum Gasteiger partial charge on any atom is 0.231 e. The summed E-state index contributed by atoms with van der Waals surface area (Å²) in [5, 5.41) is 9.50. The van der Waals surface area contributed by atoms with E-state index < -0.39 is 0 Å². The van der Waals surface area contributed by atoms with Gasteiger partial charge < -0.3 is 15.2 Å². The van der Waals surface area contributed by atoms with Gasteiger partial charge in [-0.05, 0) is 30.5 Å². The van der Waals surface area contributed by atoms with E-state index in [1.165, 1.54) is 0 Å². The van der Waals surface area contributed by atoms with Crippen molar-refractivity contribution in [1.82, 2.24) is 4.90 Å². The average molecular weight is 287 g/mol. The van der Waals surface area contributed by atoms with Crippen LogP contribution in [0.5, 0.6) is 11.5 Å². The predicted molar refractivity (Wildman–Crippen MR) is 74.4 cm³/mol. The van der Waals surface area contributed by atoms with Crippen LogP contribution in [0.3, 0.4) is 0 Å². The van der Waals surface area contributed by atoms with Crippen molar-refractivity contribution in [3.05, 3.63) is 23.8 Å². The molecular formula is C15H17N3O3. The molecule has 2 N–H and O–H groups in total. The molecule has 0 radical (unpaired) electrons. The summed E-state index contributed by atoms with van der Waals surface area (Å²) in [7, 11) is 0. The fourth-order valence-electron chi connectivity index (χ4n) is 2.89. The Labute approximate surface area is 123 Å². The number of carbonyl (C=O) groups excluding carboxylic acids is 1. The molecule has 2 heterocycles. The third kappa shape index (κ3) is 2.65. The summed E-state index contributed by atoms with van der Waals surface area (Å²) in [5.74, 6) is 1.08. The first-order valence-electron chi connectivity index (χ1n) is 7.01. The van der Waals surface area contributed by atoms with Gasteiger partial charge in [-0.15, -0.1) is 0 Å². The fourth-order valence-corrected chi connectivity index (χ4v) is 2.89. The van der Waals surface area contributed by atoms with Crippen LogP contribution in [0.2, 0.25) is 0 Å². The molecule has 1 fully saturated rings. The van der Waals surface area contributed by atoms with Crippen molar-refractivity contribution in [2.75, 3.05) is 19.9 Å². The number of nitrogens with two attached hydrogens (primary N) is 1. The minimum Gasteiger partial charge on any atom is -0.454 e. The van der Waals surface area contributed by atoms with Gasteiger partial charge in [0.25, 0.3) is 0 Å². The second-order valence-corrected chi connectivity index (χ2v) is 5.36. The molecule has 0 spiro atoms. The lowest BCUT2D eigenvalue weighted by Gasteiger charge is -2.33. The van der Waals surface area contributed by atoms with Crippen LogP contribution in [0.25, 0.3) is 0 Å². The molecule has 1 amide bonds. The number of piperidine rings is 1. The molecule has 1 atom stereocenters. The zero-order valence-electron chi connectivity index (χ0n) is 11.6. The third-order valence-corrected chi connectivity index (χ3v) is 4.13. The number of nitriles is 1. The molecule has 0 aromatic heterocycles. The molecule has 2 aliphatic rings. The smallest absolute Gasteiger partial charge is 0.231 e. The fraction of sp³-hybridized carbons (Fsp3) is 0.467. The van der Waals surface area contributed by atoms with Gasteiger partial charge in [0, 0.05) is 19.0 Å². The Hall–Kier alpha value is -2.26. The molecular weight excluding hydrogens is 270 g/mol. The van der Waals surface area contributed by atoms with Gasteiger partial charge in [0.05, 0.1) is 6.07 Å². The molecule has 21 heavy (non-hydrogen) atoms. The Morgan fingerprint density at radius 2 is 2.05 bits per heavy atom. The lowest BCUT2D eigenvalue weighted by atomic mass is 9.94. The quantitative estimate of drug-likeness (QED) is 0.901. The molecule has 6 heteroatoms. The molecule has 1 saturated heterocycles. The van der Waals surface area contributed by atoms with E-state index in [1.807, 2.05) is 18.2 Å². The maximum absolute atomic E-state index is 11.2. The van der Waals surface area contributed by atoms with Crippen LogP contribution in [0, 0.1) is 17.2 Å². The lowest BCUT2D eigenvalue weighted by molar-refractivity contribution is -0.123. The first-order chi connectivity index (χ1) is 10.2. The molecule has 0 bridgehead atoms. The average Bonchev–Trinajstić information content (AvgIpc) is 2.96. The van der Waals surface area contributed by atoms with Gasteiger partial charge in [0.1, 0.15) is 6.04 Å². The molecule has 110 valence electrons. The van der Waals surface area contributed by atoms with Crippen LogP contribution in [0.15, 0.2) is 18.2 Å². The van der Waals surface area contributed by atoms with E-state index in [1.54, 1.807) is 0 Å². The van der Waals surface area contributed by atoms with Gasteiger partial charge >= 0.3 is 0 Å². The van der Waals surface area contributed by atoms with Crippen molar-refractivity contribution in [2.45, 2.75) is 18.9 Å². The zero-order valence-corrected chi connectivity index (χ0v) is 11.6. The van der Waals surface area contributed by atoms with E-state index in [4.69, 9.17) is 15.2 Å². The number of nitrogens with zero attached hydrogens (tertiary/aromatic N) is 2. The van der Waals surface area contributed by atoms with E-state index in [0.717, 1.165) is 5.56 Å². The molecule has 1 unspecified atom stereocenters. The minimum absolute atomic E-state index is 0.0719. The predicted octanol–water partition coefficient (Wildman–Crippen LogP) is 1.18. The molecule has 0 saturated carbocycles. The first kappa shape index (κ1) is 13.7. The van der Waals surface area contributed by atoms with E-state index >= 15 is 0 Å². The molecule has 2 aliphatic heterocycles. The van der Waals surface area contributed by atoms with Crippen LogP contribution in [-0.4, -0.2) is 30.7 Å². The summed E-state index contributed by atoms with van der Waals surface area (Å²) >= 11 is 0.